The van der Waals surface area contributed by atoms with Gasteiger partial charge in [-0.2, -0.15) is 0 Å². The van der Waals surface area contributed by atoms with Crippen LogP contribution in [0.1, 0.15) is 25.8 Å². The van der Waals surface area contributed by atoms with Crippen molar-refractivity contribution in [2.45, 2.75) is 30.7 Å². The van der Waals surface area contributed by atoms with Crippen LogP contribution in [-0.2, 0) is 4.74 Å². The van der Waals surface area contributed by atoms with Crippen molar-refractivity contribution in [3.8, 4) is 17.0 Å². The van der Waals surface area contributed by atoms with Crippen LogP contribution >= 0.6 is 23.1 Å². The molecular formula is C25H29N3O3S2. The van der Waals surface area contributed by atoms with Gasteiger partial charge in [-0.05, 0) is 68.0 Å². The predicted octanol–water partition coefficient (Wildman–Crippen LogP) is 5.97. The molecule has 0 N–H and O–H groups in total. The van der Waals surface area contributed by atoms with Gasteiger partial charge in [-0.15, -0.1) is 23.1 Å². The number of hydrogen-bond donors (Lipinski definition) is 0. The molecule has 1 aromatic heterocycles. The number of aromatic nitrogens is 1. The maximum atomic E-state index is 12.2. The second-order valence-corrected chi connectivity index (χ2v) is 9.39. The zero-order valence-electron chi connectivity index (χ0n) is 19.2. The molecule has 1 aliphatic rings. The number of hydrogen-bond acceptors (Lipinski definition) is 6. The lowest BCUT2D eigenvalue weighted by atomic mass is 10.0. The molecule has 8 heteroatoms. The molecule has 2 heterocycles. The Labute approximate surface area is 202 Å². The van der Waals surface area contributed by atoms with Crippen molar-refractivity contribution >= 4 is 34.9 Å². The van der Waals surface area contributed by atoms with Gasteiger partial charge in [0.25, 0.3) is 0 Å². The minimum atomic E-state index is -0.222. The van der Waals surface area contributed by atoms with Crippen LogP contribution in [0.3, 0.4) is 0 Å². The molecule has 0 bridgehead atoms. The van der Waals surface area contributed by atoms with Crippen LogP contribution < -0.4 is 9.54 Å². The lowest BCUT2D eigenvalue weighted by Gasteiger charge is -2.32. The molecule has 0 unspecified atom stereocenters. The quantitative estimate of drug-likeness (QED) is 0.405. The van der Waals surface area contributed by atoms with Crippen molar-refractivity contribution in [2.75, 3.05) is 33.1 Å². The monoisotopic (exact) mass is 483 g/mol. The van der Waals surface area contributed by atoms with Crippen LogP contribution in [0.2, 0.25) is 0 Å². The van der Waals surface area contributed by atoms with Crippen LogP contribution in [0.15, 0.2) is 63.8 Å². The van der Waals surface area contributed by atoms with Gasteiger partial charge >= 0.3 is 6.09 Å². The van der Waals surface area contributed by atoms with Crippen molar-refractivity contribution in [1.82, 2.24) is 9.47 Å². The van der Waals surface area contributed by atoms with E-state index in [4.69, 9.17) is 14.5 Å². The lowest BCUT2D eigenvalue weighted by molar-refractivity contribution is 0.0926. The second kappa shape index (κ2) is 10.9. The Balaban J connectivity index is 1.73. The molecule has 2 aromatic carbocycles. The second-order valence-electron chi connectivity index (χ2n) is 7.70. The molecular weight excluding hydrogens is 454 g/mol. The van der Waals surface area contributed by atoms with Gasteiger partial charge in [-0.1, -0.05) is 12.1 Å². The number of carbonyl (C=O) groups excluding carboxylic acids is 1. The van der Waals surface area contributed by atoms with Crippen molar-refractivity contribution < 1.29 is 14.3 Å². The highest BCUT2D eigenvalue weighted by atomic mass is 32.2. The molecule has 1 aliphatic heterocycles. The minimum Gasteiger partial charge on any atom is -0.497 e. The topological polar surface area (TPSA) is 56.1 Å². The van der Waals surface area contributed by atoms with Gasteiger partial charge in [0.1, 0.15) is 5.75 Å². The van der Waals surface area contributed by atoms with Gasteiger partial charge in [-0.25, -0.2) is 9.79 Å². The van der Waals surface area contributed by atoms with Gasteiger partial charge in [0.2, 0.25) is 0 Å². The molecule has 1 amide bonds. The number of thioether (sulfide) groups is 1. The molecule has 1 saturated heterocycles. The van der Waals surface area contributed by atoms with E-state index >= 15 is 0 Å². The molecule has 3 aromatic rings. The van der Waals surface area contributed by atoms with E-state index in [1.807, 2.05) is 31.2 Å². The van der Waals surface area contributed by atoms with Gasteiger partial charge in [0.05, 0.1) is 25.1 Å². The highest BCUT2D eigenvalue weighted by molar-refractivity contribution is 7.98. The Bertz CT molecular complexity index is 1150. The smallest absolute Gasteiger partial charge is 0.409 e. The van der Waals surface area contributed by atoms with Crippen molar-refractivity contribution in [1.29, 1.82) is 0 Å². The third-order valence-corrected chi connectivity index (χ3v) is 7.41. The molecule has 33 heavy (non-hydrogen) atoms. The largest absolute Gasteiger partial charge is 0.497 e. The van der Waals surface area contributed by atoms with E-state index < -0.39 is 0 Å². The van der Waals surface area contributed by atoms with Crippen molar-refractivity contribution in [2.24, 2.45) is 4.99 Å². The summed E-state index contributed by atoms with van der Waals surface area (Å²) >= 11 is 3.36. The van der Waals surface area contributed by atoms with E-state index in [1.54, 1.807) is 35.1 Å². The summed E-state index contributed by atoms with van der Waals surface area (Å²) in [6.45, 7) is 3.59. The molecule has 4 rings (SSSR count). The first-order valence-corrected chi connectivity index (χ1v) is 13.2. The fraction of sp³-hybridized carbons (Fsp3) is 0.360. The summed E-state index contributed by atoms with van der Waals surface area (Å²) in [5, 5.41) is 2.18. The number of ether oxygens (including phenoxy) is 2. The molecule has 0 saturated carbocycles. The van der Waals surface area contributed by atoms with Crippen molar-refractivity contribution in [3.05, 3.63) is 58.7 Å². The van der Waals surface area contributed by atoms with E-state index in [0.717, 1.165) is 45.2 Å². The Morgan fingerprint density at radius 3 is 2.55 bits per heavy atom. The Hall–Kier alpha value is -2.71. The average molecular weight is 484 g/mol. The molecule has 0 atom stereocenters. The third-order valence-electron chi connectivity index (χ3n) is 5.78. The van der Waals surface area contributed by atoms with Crippen molar-refractivity contribution in [3.63, 3.8) is 0 Å². The van der Waals surface area contributed by atoms with Crippen LogP contribution in [0, 0.1) is 0 Å². The zero-order valence-corrected chi connectivity index (χ0v) is 20.8. The molecule has 0 spiro atoms. The maximum Gasteiger partial charge on any atom is 0.409 e. The highest BCUT2D eigenvalue weighted by Gasteiger charge is 2.27. The Morgan fingerprint density at radius 1 is 1.15 bits per heavy atom. The molecule has 174 valence electrons. The van der Waals surface area contributed by atoms with Gasteiger partial charge < -0.3 is 18.9 Å². The first-order chi connectivity index (χ1) is 16.1. The molecule has 6 nitrogen and oxygen atoms in total. The standard InChI is InChI=1S/C25H29N3O3S2/c1-4-31-25(29)27-15-13-19(14-16-27)28-22(18-9-11-20(30-2)12-10-18)17-33-24(28)26-21-7-5-6-8-23(21)32-3/h5-12,17,19H,4,13-16H2,1-3H3. The van der Waals surface area contributed by atoms with Gasteiger partial charge in [-0.3, -0.25) is 0 Å². The number of piperidine rings is 1. The summed E-state index contributed by atoms with van der Waals surface area (Å²) in [5.74, 6) is 0.835. The van der Waals surface area contributed by atoms with Crippen LogP contribution in [0.5, 0.6) is 5.75 Å². The van der Waals surface area contributed by atoms with E-state index in [-0.39, 0.29) is 12.1 Å². The minimum absolute atomic E-state index is 0.222. The van der Waals surface area contributed by atoms with Gasteiger partial charge in [0, 0.05) is 29.4 Å². The molecule has 0 aliphatic carbocycles. The Morgan fingerprint density at radius 2 is 1.88 bits per heavy atom. The Kier molecular flexibility index (Phi) is 7.77. The first kappa shape index (κ1) is 23.4. The van der Waals surface area contributed by atoms with E-state index in [1.165, 1.54) is 0 Å². The lowest BCUT2D eigenvalue weighted by Crippen LogP contribution is -2.40. The number of para-hydroxylation sites is 1. The number of nitrogens with zero attached hydrogens (tertiary/aromatic N) is 3. The fourth-order valence-corrected chi connectivity index (χ4v) is 5.59. The third kappa shape index (κ3) is 5.28. The van der Waals surface area contributed by atoms with Gasteiger partial charge in [0.15, 0.2) is 4.80 Å². The first-order valence-electron chi connectivity index (χ1n) is 11.1. The summed E-state index contributed by atoms with van der Waals surface area (Å²) in [5.41, 5.74) is 3.24. The maximum absolute atomic E-state index is 12.2. The summed E-state index contributed by atoms with van der Waals surface area (Å²) in [4.78, 5) is 21.2. The van der Waals surface area contributed by atoms with E-state index in [2.05, 4.69) is 40.5 Å². The fourth-order valence-electron chi connectivity index (χ4n) is 4.07. The van der Waals surface area contributed by atoms with E-state index in [0.29, 0.717) is 19.7 Å². The number of methoxy groups -OCH3 is 1. The highest BCUT2D eigenvalue weighted by Crippen LogP contribution is 2.32. The predicted molar refractivity (Wildman–Crippen MR) is 135 cm³/mol. The summed E-state index contributed by atoms with van der Waals surface area (Å²) in [7, 11) is 1.68. The SMILES string of the molecule is CCOC(=O)N1CCC(n2c(-c3ccc(OC)cc3)csc2=Nc2ccccc2SC)CC1. The normalized spacial score (nSPS) is 15.0. The number of benzene rings is 2. The number of thiazole rings is 1. The number of rotatable bonds is 6. The summed E-state index contributed by atoms with van der Waals surface area (Å²) in [6.07, 6.45) is 3.57. The van der Waals surface area contributed by atoms with Crippen LogP contribution in [-0.4, -0.2) is 48.6 Å². The number of carbonyl (C=O) groups is 1. The summed E-state index contributed by atoms with van der Waals surface area (Å²) < 4.78 is 12.9. The summed E-state index contributed by atoms with van der Waals surface area (Å²) in [6, 6.07) is 16.6. The van der Waals surface area contributed by atoms with E-state index in [9.17, 15) is 4.79 Å². The molecule has 1 fully saturated rings. The van der Waals surface area contributed by atoms with Crippen LogP contribution in [0.25, 0.3) is 11.3 Å². The number of likely N-dealkylation sites (tertiary alicyclic amines) is 1. The average Bonchev–Trinajstić information content (AvgIpc) is 3.28. The number of amides is 1. The zero-order chi connectivity index (χ0) is 23.2. The molecule has 0 radical (unpaired) electrons. The van der Waals surface area contributed by atoms with Crippen LogP contribution in [0.4, 0.5) is 10.5 Å².